The lowest BCUT2D eigenvalue weighted by molar-refractivity contribution is 0.0723. The van der Waals surface area contributed by atoms with Crippen LogP contribution < -0.4 is 0 Å². The summed E-state index contributed by atoms with van der Waals surface area (Å²) in [5.74, 6) is -0.579. The van der Waals surface area contributed by atoms with Gasteiger partial charge in [0.15, 0.2) is 9.84 Å². The van der Waals surface area contributed by atoms with Gasteiger partial charge in [-0.05, 0) is 30.9 Å². The van der Waals surface area contributed by atoms with Crippen molar-refractivity contribution < 1.29 is 17.5 Å². The second-order valence-corrected chi connectivity index (χ2v) is 6.27. The average molecular weight is 258 g/mol. The molecule has 1 aromatic rings. The normalized spacial score (nSPS) is 18.2. The third-order valence-corrected chi connectivity index (χ3v) is 4.88. The molecule has 0 aliphatic carbocycles. The Hall–Kier alpha value is -0.940. The molecule has 2 rings (SSSR count). The summed E-state index contributed by atoms with van der Waals surface area (Å²) in [5, 5.41) is 0. The first-order valence-corrected chi connectivity index (χ1v) is 7.30. The fourth-order valence-corrected chi connectivity index (χ4v) is 3.79. The van der Waals surface area contributed by atoms with E-state index in [1.807, 2.05) is 0 Å². The summed E-state index contributed by atoms with van der Waals surface area (Å²) in [5.41, 5.74) is 0. The molecule has 0 spiro atoms. The Morgan fingerprint density at radius 2 is 1.88 bits per heavy atom. The van der Waals surface area contributed by atoms with E-state index in [0.717, 1.165) is 12.8 Å². The van der Waals surface area contributed by atoms with Crippen LogP contribution in [0.4, 0.5) is 4.39 Å². The molecular formula is C12H15FO3S. The number of ether oxygens (including phenoxy) is 1. The van der Waals surface area contributed by atoms with Crippen LogP contribution in [-0.4, -0.2) is 27.4 Å². The highest BCUT2D eigenvalue weighted by atomic mass is 32.2. The molecular weight excluding hydrogens is 243 g/mol. The molecule has 5 heteroatoms. The van der Waals surface area contributed by atoms with Gasteiger partial charge in [-0.1, -0.05) is 12.1 Å². The molecule has 1 aliphatic heterocycles. The number of benzene rings is 1. The Kier molecular flexibility index (Phi) is 3.79. The number of hydrogen-bond donors (Lipinski definition) is 0. The van der Waals surface area contributed by atoms with E-state index in [1.165, 1.54) is 18.2 Å². The van der Waals surface area contributed by atoms with Crippen molar-refractivity contribution in [1.29, 1.82) is 0 Å². The van der Waals surface area contributed by atoms with Gasteiger partial charge in [0.1, 0.15) is 10.7 Å². The van der Waals surface area contributed by atoms with Crippen molar-refractivity contribution in [3.05, 3.63) is 30.1 Å². The van der Waals surface area contributed by atoms with Crippen molar-refractivity contribution in [1.82, 2.24) is 0 Å². The van der Waals surface area contributed by atoms with Crippen LogP contribution >= 0.6 is 0 Å². The second-order valence-electron chi connectivity index (χ2n) is 4.27. The zero-order valence-corrected chi connectivity index (χ0v) is 10.2. The molecule has 1 heterocycles. The van der Waals surface area contributed by atoms with E-state index in [0.29, 0.717) is 13.2 Å². The van der Waals surface area contributed by atoms with Gasteiger partial charge in [0, 0.05) is 13.2 Å². The average Bonchev–Trinajstić information content (AvgIpc) is 2.30. The van der Waals surface area contributed by atoms with Crippen molar-refractivity contribution in [2.45, 2.75) is 17.7 Å². The van der Waals surface area contributed by atoms with Crippen molar-refractivity contribution in [2.24, 2.45) is 5.92 Å². The van der Waals surface area contributed by atoms with E-state index >= 15 is 0 Å². The van der Waals surface area contributed by atoms with Gasteiger partial charge in [-0.3, -0.25) is 0 Å². The molecule has 1 fully saturated rings. The maximum atomic E-state index is 13.4. The van der Waals surface area contributed by atoms with Gasteiger partial charge in [-0.2, -0.15) is 0 Å². The van der Waals surface area contributed by atoms with Crippen LogP contribution in [-0.2, 0) is 14.6 Å². The summed E-state index contributed by atoms with van der Waals surface area (Å²) in [6.07, 6.45) is 1.46. The maximum Gasteiger partial charge on any atom is 0.181 e. The Morgan fingerprint density at radius 3 is 2.53 bits per heavy atom. The van der Waals surface area contributed by atoms with E-state index in [1.54, 1.807) is 6.07 Å². The van der Waals surface area contributed by atoms with Gasteiger partial charge >= 0.3 is 0 Å². The lowest BCUT2D eigenvalue weighted by atomic mass is 10.0. The number of halogens is 1. The molecule has 0 atom stereocenters. The summed E-state index contributed by atoms with van der Waals surface area (Å²) in [7, 11) is -3.52. The number of hydrogen-bond acceptors (Lipinski definition) is 3. The van der Waals surface area contributed by atoms with Crippen molar-refractivity contribution in [2.75, 3.05) is 19.0 Å². The van der Waals surface area contributed by atoms with E-state index < -0.39 is 15.7 Å². The zero-order valence-electron chi connectivity index (χ0n) is 9.43. The lowest BCUT2D eigenvalue weighted by Gasteiger charge is -2.21. The fourth-order valence-electron chi connectivity index (χ4n) is 2.01. The highest BCUT2D eigenvalue weighted by Gasteiger charge is 2.25. The van der Waals surface area contributed by atoms with Crippen LogP contribution in [0.2, 0.25) is 0 Å². The van der Waals surface area contributed by atoms with Gasteiger partial charge in [-0.25, -0.2) is 12.8 Å². The van der Waals surface area contributed by atoms with Gasteiger partial charge < -0.3 is 4.74 Å². The second kappa shape index (κ2) is 5.14. The SMILES string of the molecule is O=S(=O)(CC1CCOCC1)c1ccccc1F. The lowest BCUT2D eigenvalue weighted by Crippen LogP contribution is -2.24. The Morgan fingerprint density at radius 1 is 1.24 bits per heavy atom. The van der Waals surface area contributed by atoms with Crippen LogP contribution in [0.1, 0.15) is 12.8 Å². The summed E-state index contributed by atoms with van der Waals surface area (Å²) in [6, 6.07) is 5.53. The number of sulfone groups is 1. The van der Waals surface area contributed by atoms with Crippen LogP contribution in [0.5, 0.6) is 0 Å². The first-order chi connectivity index (χ1) is 8.09. The quantitative estimate of drug-likeness (QED) is 0.833. The van der Waals surface area contributed by atoms with Gasteiger partial charge in [0.25, 0.3) is 0 Å². The van der Waals surface area contributed by atoms with Crippen LogP contribution in [0.3, 0.4) is 0 Å². The van der Waals surface area contributed by atoms with Crippen LogP contribution in [0.25, 0.3) is 0 Å². The zero-order chi connectivity index (χ0) is 12.3. The van der Waals surface area contributed by atoms with Crippen molar-refractivity contribution >= 4 is 9.84 Å². The molecule has 1 aromatic carbocycles. The van der Waals surface area contributed by atoms with E-state index in [2.05, 4.69) is 0 Å². The van der Waals surface area contributed by atoms with Crippen LogP contribution in [0.15, 0.2) is 29.2 Å². The largest absolute Gasteiger partial charge is 0.381 e. The summed E-state index contributed by atoms with van der Waals surface area (Å²) in [6.45, 7) is 1.19. The maximum absolute atomic E-state index is 13.4. The summed E-state index contributed by atoms with van der Waals surface area (Å²) < 4.78 is 42.7. The summed E-state index contributed by atoms with van der Waals surface area (Å²) in [4.78, 5) is -0.188. The molecule has 0 saturated carbocycles. The molecule has 0 amide bonds. The molecule has 1 aliphatic rings. The minimum atomic E-state index is -3.52. The van der Waals surface area contributed by atoms with Crippen LogP contribution in [0, 0.1) is 11.7 Å². The molecule has 0 aromatic heterocycles. The molecule has 94 valence electrons. The molecule has 0 bridgehead atoms. The van der Waals surface area contributed by atoms with Gasteiger partial charge in [-0.15, -0.1) is 0 Å². The smallest absolute Gasteiger partial charge is 0.181 e. The first-order valence-electron chi connectivity index (χ1n) is 5.64. The predicted octanol–water partition coefficient (Wildman–Crippen LogP) is 2.03. The predicted molar refractivity (Wildman–Crippen MR) is 62.0 cm³/mol. The van der Waals surface area contributed by atoms with Gasteiger partial charge in [0.05, 0.1) is 5.75 Å². The third-order valence-electron chi connectivity index (χ3n) is 2.97. The van der Waals surface area contributed by atoms with E-state index in [9.17, 15) is 12.8 Å². The summed E-state index contributed by atoms with van der Waals surface area (Å²) >= 11 is 0. The topological polar surface area (TPSA) is 43.4 Å². The minimum Gasteiger partial charge on any atom is -0.381 e. The first kappa shape index (κ1) is 12.5. The van der Waals surface area contributed by atoms with E-state index in [-0.39, 0.29) is 16.6 Å². The van der Waals surface area contributed by atoms with E-state index in [4.69, 9.17) is 4.74 Å². The minimum absolute atomic E-state index is 0.0112. The molecule has 0 N–H and O–H groups in total. The number of rotatable bonds is 3. The van der Waals surface area contributed by atoms with Crippen molar-refractivity contribution in [3.8, 4) is 0 Å². The Labute approximate surface area is 101 Å². The van der Waals surface area contributed by atoms with Gasteiger partial charge in [0.2, 0.25) is 0 Å². The standard InChI is InChI=1S/C12H15FO3S/c13-11-3-1-2-4-12(11)17(14,15)9-10-5-7-16-8-6-10/h1-4,10H,5-9H2. The third kappa shape index (κ3) is 3.04. The molecule has 1 saturated heterocycles. The Bertz CT molecular complexity index is 478. The molecule has 3 nitrogen and oxygen atoms in total. The highest BCUT2D eigenvalue weighted by Crippen LogP contribution is 2.22. The Balaban J connectivity index is 2.16. The molecule has 0 unspecified atom stereocenters. The van der Waals surface area contributed by atoms with Crippen molar-refractivity contribution in [3.63, 3.8) is 0 Å². The fraction of sp³-hybridized carbons (Fsp3) is 0.500. The highest BCUT2D eigenvalue weighted by molar-refractivity contribution is 7.91. The monoisotopic (exact) mass is 258 g/mol. The molecule has 0 radical (unpaired) electrons. The molecule has 17 heavy (non-hydrogen) atoms.